The maximum absolute atomic E-state index is 17.5. The van der Waals surface area contributed by atoms with E-state index < -0.39 is 379 Å². The topological polar surface area (TPSA) is 99.6 Å². The van der Waals surface area contributed by atoms with Crippen LogP contribution >= 0.6 is 0 Å². The van der Waals surface area contributed by atoms with Crippen molar-refractivity contribution in [3.63, 3.8) is 0 Å². The third-order valence-electron chi connectivity index (χ3n) is 16.9. The number of hydrogen-bond donors (Lipinski definition) is 1. The van der Waals surface area contributed by atoms with E-state index in [0.29, 0.717) is 0 Å². The van der Waals surface area contributed by atoms with E-state index >= 15 is 158 Å². The Morgan fingerprint density at radius 3 is 0.692 bits per heavy atom. The van der Waals surface area contributed by atoms with Crippen molar-refractivity contribution in [1.82, 2.24) is 15.0 Å². The molecule has 117 heavy (non-hydrogen) atoms. The van der Waals surface area contributed by atoms with Gasteiger partial charge in [0.05, 0.1) is 33.4 Å². The molecule has 617 valence electrons. The first-order chi connectivity index (χ1) is 53.5. The van der Waals surface area contributed by atoms with E-state index in [1.165, 1.54) is 0 Å². The molecule has 0 aliphatic carbocycles. The average Bonchev–Trinajstić information content (AvgIpc) is 1.54. The van der Waals surface area contributed by atoms with Gasteiger partial charge < -0.3 is 20.1 Å². The van der Waals surface area contributed by atoms with Gasteiger partial charge in [-0.05, 0) is 0 Å². The van der Waals surface area contributed by atoms with Gasteiger partial charge in [0.2, 0.25) is 34.9 Å². The van der Waals surface area contributed by atoms with Crippen LogP contribution in [-0.2, 0) is 39.7 Å². The van der Waals surface area contributed by atoms with Crippen LogP contribution in [0.4, 0.5) is 184 Å². The molecule has 9 aromatic rings. The number of halogens is 42. The summed E-state index contributed by atoms with van der Waals surface area (Å²) in [5.41, 5.74) is -78.4. The second kappa shape index (κ2) is 29.2. The predicted octanol–water partition coefficient (Wildman–Crippen LogP) is 17.7. The predicted molar refractivity (Wildman–Crippen MR) is 292 cm³/mol. The van der Waals surface area contributed by atoms with E-state index in [-0.39, 0.29) is 34.1 Å². The molecule has 3 aromatic heterocycles. The van der Waals surface area contributed by atoms with Gasteiger partial charge in [0.15, 0.2) is 175 Å². The largest absolute Gasteiger partial charge is 2.00 e. The molecule has 4 aliphatic rings. The van der Waals surface area contributed by atoms with Gasteiger partial charge in [0.1, 0.15) is 74.7 Å². The average molecular weight is 1820 g/mol. The van der Waals surface area contributed by atoms with E-state index in [4.69, 9.17) is 0 Å². The van der Waals surface area contributed by atoms with Crippen molar-refractivity contribution in [2.24, 2.45) is 15.0 Å². The van der Waals surface area contributed by atoms with Crippen LogP contribution < -0.4 is 25.7 Å². The quantitative estimate of drug-likeness (QED) is 0.0776. The Kier molecular flexibility index (Phi) is 21.6. The van der Waals surface area contributed by atoms with Gasteiger partial charge in [0, 0.05) is 27.9 Å². The molecule has 1 atom stereocenters. The van der Waals surface area contributed by atoms with Gasteiger partial charge in [0.25, 0.3) is 0 Å². The molecule has 6 aromatic carbocycles. The van der Waals surface area contributed by atoms with Gasteiger partial charge in [-0.1, -0.05) is 33.5 Å². The second-order valence-electron chi connectivity index (χ2n) is 22.9. The van der Waals surface area contributed by atoms with Crippen molar-refractivity contribution in [3.8, 4) is 0 Å². The van der Waals surface area contributed by atoms with Gasteiger partial charge in [-0.3, -0.25) is 0 Å². The molecular formula is C66HCu2F42N6O. The van der Waals surface area contributed by atoms with Gasteiger partial charge >= 0.3 is 34.1 Å². The normalized spacial score (nSPS) is 18.7. The fourth-order valence-corrected chi connectivity index (χ4v) is 11.8. The summed E-state index contributed by atoms with van der Waals surface area (Å²) in [5, 5.41) is 6.00. The van der Waals surface area contributed by atoms with Crippen LogP contribution in [0.1, 0.15) is 56.2 Å². The minimum Gasteiger partial charge on any atom is -0.653 e. The Morgan fingerprint density at radius 2 is 0.419 bits per heavy atom. The molecule has 51 heteroatoms. The van der Waals surface area contributed by atoms with Crippen LogP contribution in [0, 0.1) is 209 Å². The zero-order valence-electron chi connectivity index (χ0n) is 52.6. The molecule has 4 aliphatic heterocycles. The van der Waals surface area contributed by atoms with Crippen molar-refractivity contribution < 1.29 is 224 Å². The molecular weight excluding hydrogens is 1820 g/mol. The zero-order valence-corrected chi connectivity index (χ0v) is 54.5. The zero-order chi connectivity index (χ0) is 85.3. The van der Waals surface area contributed by atoms with Crippen molar-refractivity contribution in [3.05, 3.63) is 328 Å². The van der Waals surface area contributed by atoms with Gasteiger partial charge in [-0.15, -0.1) is 0 Å². The Bertz CT molecular complexity index is 6460. The second-order valence-corrected chi connectivity index (χ2v) is 22.9. The molecule has 1 N–H and O–H groups in total. The summed E-state index contributed by atoms with van der Waals surface area (Å²) >= 11 is 0. The van der Waals surface area contributed by atoms with E-state index in [9.17, 15) is 31.4 Å². The number of allylic oxidation sites excluding steroid dienone is 5. The van der Waals surface area contributed by atoms with E-state index in [1.807, 2.05) is 0 Å². The fourth-order valence-electron chi connectivity index (χ4n) is 11.8. The first-order valence-electron chi connectivity index (χ1n) is 28.8. The first-order valence-corrected chi connectivity index (χ1v) is 28.8. The number of aliphatic hydroxyl groups is 1. The molecule has 1 radical (unpaired) electrons. The standard InChI is InChI=1S/C66HF42N6O.2Cu/c67-12-1(13(68)25(80)36(91)24(12)79)6-54-42(97)44(99)56(109-54)7(2-14(69)26(81)37(92)27(82)15(2)70)58-46(101)48(103)60(111-58)9(4-18(73)30(85)39(94)31(86)19(4)74)62-50(105)52(107)64(113-62)66(115,11-22(77)34(89)41(96)35(90)23(11)78)65-53(108)51(106)63(114-65)10(5-20(75)32(87)40(95)33(88)21(5)76)61-49(104)47(102)59(112-61)8(57-45(100)43(98)55(6)110-57)3-16(71)28(83)38(93)29(84)17(3)72;;/h115H;;/q-3;+1;+2/b54-6+,56-7-,57-8-,60-9-,63-10-;;. The Labute approximate surface area is 630 Å². The molecule has 0 saturated carbocycles. The van der Waals surface area contributed by atoms with Crippen LogP contribution in [-0.4, -0.2) is 22.2 Å². The number of nitrogens with zero attached hydrogens (tertiary/aromatic N) is 6. The maximum atomic E-state index is 17.5. The molecule has 13 rings (SSSR count). The molecule has 7 nitrogen and oxygen atoms in total. The minimum atomic E-state index is -6.31. The summed E-state index contributed by atoms with van der Waals surface area (Å²) in [6.45, 7) is 0. The van der Waals surface area contributed by atoms with Crippen molar-refractivity contribution in [1.29, 1.82) is 0 Å². The van der Waals surface area contributed by atoms with Crippen molar-refractivity contribution in [2.75, 3.05) is 0 Å². The summed E-state index contributed by atoms with van der Waals surface area (Å²) in [5.74, 6) is -157. The summed E-state index contributed by atoms with van der Waals surface area (Å²) in [6.07, 6.45) is 0. The van der Waals surface area contributed by atoms with Crippen molar-refractivity contribution in [2.45, 2.75) is 5.60 Å². The number of aromatic nitrogens is 3. The summed E-state index contributed by atoms with van der Waals surface area (Å²) in [6, 6.07) is 0. The molecule has 0 amide bonds. The smallest absolute Gasteiger partial charge is 0.653 e. The third kappa shape index (κ3) is 11.7. The Hall–Kier alpha value is -11.6. The van der Waals surface area contributed by atoms with Gasteiger partial charge in [-0.2, -0.15) is 0 Å². The Balaban J connectivity index is 0.00000672. The number of aliphatic imine (C=N–C) groups is 3. The van der Waals surface area contributed by atoms with Gasteiger partial charge in [-0.25, -0.2) is 199 Å². The fraction of sp³-hybridized carbons (Fsp3) is 0.0152. The number of benzene rings is 6. The molecule has 0 saturated heterocycles. The molecule has 12 bridgehead atoms. The number of hydrogen-bond acceptors (Lipinski definition) is 4. The summed E-state index contributed by atoms with van der Waals surface area (Å²) in [4.78, 5) is 15.5. The van der Waals surface area contributed by atoms with Crippen LogP contribution in [0.25, 0.3) is 27.9 Å². The SMILES string of the molecule is OC1(c2c(F)c(F)c(F)c(F)c2F)C2=N/C(=C(/c3c(F)c(F)c(F)c(F)c3F)c3[n-]c(c(F)c3F)/C(c3c(F)c(F)c(F)c(F)c3F)=C3N=C(C(F)=C\3F)/C(c3c(F)c(F)c(F)c(F)c3F)=c3/[n-]/c(c(F)c3F)=C(/c3c(F)c(F)c(F)c(F)c3F)C3=N/C(=C(/c4c(F)c(F)c(F)c(F)c4F)c4[n-]c1c(F)c4F)C(F)=C3F)C(F)=C2F.[Cu+2].[Cu+]. The molecule has 7 heterocycles. The number of fused-ring (bicyclic) bond motifs is 9. The summed E-state index contributed by atoms with van der Waals surface area (Å²) < 4.78 is 683. The molecule has 0 fully saturated rings. The van der Waals surface area contributed by atoms with E-state index in [0.717, 1.165) is 0 Å². The molecule has 1 unspecified atom stereocenters. The van der Waals surface area contributed by atoms with E-state index in [1.54, 1.807) is 0 Å². The minimum absolute atomic E-state index is 0. The van der Waals surface area contributed by atoms with Crippen molar-refractivity contribution >= 4 is 45.0 Å². The monoisotopic (exact) mass is 1820 g/mol. The third-order valence-corrected chi connectivity index (χ3v) is 16.9. The molecule has 0 spiro atoms. The van der Waals surface area contributed by atoms with Crippen LogP contribution in [0.5, 0.6) is 0 Å². The Morgan fingerprint density at radius 1 is 0.205 bits per heavy atom. The van der Waals surface area contributed by atoms with Crippen LogP contribution in [0.15, 0.2) is 67.0 Å². The maximum Gasteiger partial charge on any atom is 2.00 e. The van der Waals surface area contributed by atoms with E-state index in [2.05, 4.69) is 29.9 Å². The summed E-state index contributed by atoms with van der Waals surface area (Å²) in [7, 11) is 0. The first kappa shape index (κ1) is 86.3. The van der Waals surface area contributed by atoms with Crippen LogP contribution in [0.3, 0.4) is 0 Å². The van der Waals surface area contributed by atoms with Crippen LogP contribution in [0.2, 0.25) is 0 Å². The number of rotatable bonds is 6.